The molecule has 0 spiro atoms. The number of pyridine rings is 1. The number of carbonyl (C=O) groups excluding carboxylic acids is 1. The first kappa shape index (κ1) is 17.1. The molecule has 2 aromatic heterocycles. The van der Waals surface area contributed by atoms with Crippen LogP contribution < -0.4 is 10.6 Å². The van der Waals surface area contributed by atoms with Gasteiger partial charge in [-0.05, 0) is 30.3 Å². The third-order valence-electron chi connectivity index (χ3n) is 3.23. The molecule has 0 unspecified atom stereocenters. The van der Waals surface area contributed by atoms with Gasteiger partial charge in [-0.15, -0.1) is 0 Å². The van der Waals surface area contributed by atoms with Gasteiger partial charge in [0.1, 0.15) is 11.5 Å². The minimum absolute atomic E-state index is 0.207. The van der Waals surface area contributed by atoms with Crippen molar-refractivity contribution in [3.05, 3.63) is 76.4 Å². The van der Waals surface area contributed by atoms with Gasteiger partial charge >= 0.3 is 0 Å². The molecule has 126 valence electrons. The highest BCUT2D eigenvalue weighted by Gasteiger charge is 2.09. The molecule has 0 fully saturated rings. The number of halogens is 2. The summed E-state index contributed by atoms with van der Waals surface area (Å²) in [5.41, 5.74) is 1.58. The number of benzene rings is 1. The predicted molar refractivity (Wildman–Crippen MR) is 97.2 cm³/mol. The first-order valence-electron chi connectivity index (χ1n) is 7.34. The fourth-order valence-electron chi connectivity index (χ4n) is 2.01. The molecule has 6 nitrogen and oxygen atoms in total. The van der Waals surface area contributed by atoms with Gasteiger partial charge < -0.3 is 10.6 Å². The van der Waals surface area contributed by atoms with Crippen LogP contribution in [0.1, 0.15) is 16.2 Å². The van der Waals surface area contributed by atoms with Gasteiger partial charge in [-0.25, -0.2) is 9.97 Å². The molecule has 2 heterocycles. The van der Waals surface area contributed by atoms with Crippen LogP contribution in [0.2, 0.25) is 10.0 Å². The van der Waals surface area contributed by atoms with E-state index in [1.807, 2.05) is 18.2 Å². The van der Waals surface area contributed by atoms with E-state index in [0.29, 0.717) is 28.1 Å². The van der Waals surface area contributed by atoms with Crippen molar-refractivity contribution in [1.82, 2.24) is 20.3 Å². The SMILES string of the molecule is O=C(NCc1ccccn1)c1cnc(Nc2cc(Cl)ccc2Cl)cn1. The molecule has 0 radical (unpaired) electrons. The zero-order valence-corrected chi connectivity index (χ0v) is 14.4. The third-order valence-corrected chi connectivity index (χ3v) is 3.80. The third kappa shape index (κ3) is 4.65. The van der Waals surface area contributed by atoms with Crippen molar-refractivity contribution >= 4 is 40.6 Å². The van der Waals surface area contributed by atoms with Crippen LogP contribution in [0.4, 0.5) is 11.5 Å². The summed E-state index contributed by atoms with van der Waals surface area (Å²) in [7, 11) is 0. The second-order valence-electron chi connectivity index (χ2n) is 5.04. The fourth-order valence-corrected chi connectivity index (χ4v) is 2.34. The molecule has 0 atom stereocenters. The molecule has 25 heavy (non-hydrogen) atoms. The van der Waals surface area contributed by atoms with Gasteiger partial charge in [0.2, 0.25) is 0 Å². The fraction of sp³-hybridized carbons (Fsp3) is 0.0588. The van der Waals surface area contributed by atoms with Crippen LogP contribution in [-0.4, -0.2) is 20.9 Å². The Labute approximate surface area is 154 Å². The smallest absolute Gasteiger partial charge is 0.271 e. The van der Waals surface area contributed by atoms with Crippen molar-refractivity contribution in [2.45, 2.75) is 6.54 Å². The van der Waals surface area contributed by atoms with Gasteiger partial charge in [0.15, 0.2) is 0 Å². The molecule has 0 aliphatic carbocycles. The summed E-state index contributed by atoms with van der Waals surface area (Å²) >= 11 is 12.0. The van der Waals surface area contributed by atoms with E-state index >= 15 is 0 Å². The lowest BCUT2D eigenvalue weighted by atomic mass is 10.3. The molecule has 8 heteroatoms. The Morgan fingerprint density at radius 3 is 2.64 bits per heavy atom. The Bertz CT molecular complexity index is 872. The Hall–Kier alpha value is -2.70. The maximum absolute atomic E-state index is 12.1. The number of amides is 1. The average molecular weight is 374 g/mol. The number of hydrogen-bond acceptors (Lipinski definition) is 5. The van der Waals surface area contributed by atoms with Gasteiger partial charge in [0.05, 0.1) is 35.3 Å². The molecule has 0 bridgehead atoms. The first-order valence-corrected chi connectivity index (χ1v) is 8.09. The predicted octanol–water partition coefficient (Wildman–Crippen LogP) is 3.85. The molecule has 3 aromatic rings. The van der Waals surface area contributed by atoms with Crippen LogP contribution in [0.3, 0.4) is 0 Å². The number of nitrogens with one attached hydrogen (secondary N) is 2. The van der Waals surface area contributed by atoms with Crippen molar-refractivity contribution in [3.8, 4) is 0 Å². The highest BCUT2D eigenvalue weighted by atomic mass is 35.5. The summed E-state index contributed by atoms with van der Waals surface area (Å²) in [5.74, 6) is 0.121. The second-order valence-corrected chi connectivity index (χ2v) is 5.88. The number of hydrogen-bond donors (Lipinski definition) is 2. The monoisotopic (exact) mass is 373 g/mol. The van der Waals surface area contributed by atoms with Gasteiger partial charge in [0, 0.05) is 11.2 Å². The Balaban J connectivity index is 1.63. The normalized spacial score (nSPS) is 10.3. The van der Waals surface area contributed by atoms with E-state index in [-0.39, 0.29) is 11.6 Å². The maximum atomic E-state index is 12.1. The lowest BCUT2D eigenvalue weighted by molar-refractivity contribution is 0.0945. The zero-order chi connectivity index (χ0) is 17.6. The van der Waals surface area contributed by atoms with Gasteiger partial charge in [-0.3, -0.25) is 9.78 Å². The van der Waals surface area contributed by atoms with Crippen molar-refractivity contribution in [3.63, 3.8) is 0 Å². The molecule has 1 aromatic carbocycles. The summed E-state index contributed by atoms with van der Waals surface area (Å²) in [6, 6.07) is 10.5. The van der Waals surface area contributed by atoms with Crippen molar-refractivity contribution in [2.24, 2.45) is 0 Å². The van der Waals surface area contributed by atoms with E-state index in [1.54, 1.807) is 24.4 Å². The molecule has 0 saturated heterocycles. The topological polar surface area (TPSA) is 79.8 Å². The van der Waals surface area contributed by atoms with E-state index < -0.39 is 0 Å². The Morgan fingerprint density at radius 2 is 1.92 bits per heavy atom. The molecule has 0 aliphatic rings. The highest BCUT2D eigenvalue weighted by Crippen LogP contribution is 2.27. The van der Waals surface area contributed by atoms with E-state index in [4.69, 9.17) is 23.2 Å². The van der Waals surface area contributed by atoms with E-state index in [2.05, 4.69) is 25.6 Å². The molecular weight excluding hydrogens is 361 g/mol. The van der Waals surface area contributed by atoms with Gasteiger partial charge in [-0.1, -0.05) is 29.3 Å². The minimum atomic E-state index is -0.328. The van der Waals surface area contributed by atoms with Crippen LogP contribution in [0.25, 0.3) is 0 Å². The van der Waals surface area contributed by atoms with Crippen molar-refractivity contribution in [2.75, 3.05) is 5.32 Å². The highest BCUT2D eigenvalue weighted by molar-refractivity contribution is 6.35. The molecule has 0 saturated carbocycles. The maximum Gasteiger partial charge on any atom is 0.271 e. The van der Waals surface area contributed by atoms with Crippen molar-refractivity contribution in [1.29, 1.82) is 0 Å². The number of carbonyl (C=O) groups is 1. The summed E-state index contributed by atoms with van der Waals surface area (Å²) in [6.07, 6.45) is 4.50. The van der Waals surface area contributed by atoms with Crippen molar-refractivity contribution < 1.29 is 4.79 Å². The van der Waals surface area contributed by atoms with Crippen LogP contribution in [0.5, 0.6) is 0 Å². The van der Waals surface area contributed by atoms with E-state index in [0.717, 1.165) is 5.69 Å². The Kier molecular flexibility index (Phi) is 5.42. The number of rotatable bonds is 5. The number of anilines is 2. The number of nitrogens with zero attached hydrogens (tertiary/aromatic N) is 3. The molecular formula is C17H13Cl2N5O. The lowest BCUT2D eigenvalue weighted by Crippen LogP contribution is -2.24. The second kappa shape index (κ2) is 7.92. The standard InChI is InChI=1S/C17H13Cl2N5O/c18-11-4-5-13(19)14(7-11)24-16-10-21-15(9-22-16)17(25)23-8-12-3-1-2-6-20-12/h1-7,9-10H,8H2,(H,22,24)(H,23,25). The first-order chi connectivity index (χ1) is 12.1. The summed E-state index contributed by atoms with van der Waals surface area (Å²) < 4.78 is 0. The van der Waals surface area contributed by atoms with Crippen LogP contribution in [0, 0.1) is 0 Å². The molecule has 0 aliphatic heterocycles. The van der Waals surface area contributed by atoms with E-state index in [1.165, 1.54) is 12.4 Å². The summed E-state index contributed by atoms with van der Waals surface area (Å²) in [6.45, 7) is 0.319. The molecule has 2 N–H and O–H groups in total. The zero-order valence-electron chi connectivity index (χ0n) is 12.9. The molecule has 3 rings (SSSR count). The summed E-state index contributed by atoms with van der Waals surface area (Å²) in [4.78, 5) is 24.5. The molecule has 1 amide bonds. The lowest BCUT2D eigenvalue weighted by Gasteiger charge is -2.08. The average Bonchev–Trinajstić information content (AvgIpc) is 2.64. The number of aromatic nitrogens is 3. The Morgan fingerprint density at radius 1 is 1.04 bits per heavy atom. The quantitative estimate of drug-likeness (QED) is 0.709. The van der Waals surface area contributed by atoms with Crippen LogP contribution in [0.15, 0.2) is 55.0 Å². The van der Waals surface area contributed by atoms with Crippen LogP contribution in [-0.2, 0) is 6.54 Å². The largest absolute Gasteiger partial charge is 0.345 e. The van der Waals surface area contributed by atoms with Gasteiger partial charge in [-0.2, -0.15) is 0 Å². The van der Waals surface area contributed by atoms with E-state index in [9.17, 15) is 4.79 Å². The van der Waals surface area contributed by atoms with Gasteiger partial charge in [0.25, 0.3) is 5.91 Å². The summed E-state index contributed by atoms with van der Waals surface area (Å²) in [5, 5.41) is 6.79. The van der Waals surface area contributed by atoms with Crippen LogP contribution >= 0.6 is 23.2 Å². The minimum Gasteiger partial charge on any atom is -0.345 e.